The number of carbonyl (C=O) groups excluding carboxylic acids is 1. The van der Waals surface area contributed by atoms with Crippen LogP contribution in [-0.2, 0) is 4.74 Å². The van der Waals surface area contributed by atoms with Crippen LogP contribution >= 0.6 is 0 Å². The van der Waals surface area contributed by atoms with Gasteiger partial charge in [-0.05, 0) is 75.7 Å². The van der Waals surface area contributed by atoms with Crippen molar-refractivity contribution in [2.75, 3.05) is 25.0 Å². The third-order valence-corrected chi connectivity index (χ3v) is 6.28. The molecule has 2 saturated heterocycles. The number of benzene rings is 1. The fourth-order valence-corrected chi connectivity index (χ4v) is 4.77. The predicted molar refractivity (Wildman–Crippen MR) is 116 cm³/mol. The number of nitrogens with zero attached hydrogens (tertiary/aromatic N) is 1. The Morgan fingerprint density at radius 2 is 2.21 bits per heavy atom. The Balaban J connectivity index is 1.41. The first-order valence-electron chi connectivity index (χ1n) is 11.1. The molecule has 156 valence electrons. The molecule has 2 aromatic rings. The van der Waals surface area contributed by atoms with E-state index in [1.165, 1.54) is 50.8 Å². The predicted octanol–water partition coefficient (Wildman–Crippen LogP) is 6.07. The largest absolute Gasteiger partial charge is 0.464 e. The molecule has 5 heteroatoms. The number of rotatable bonds is 6. The van der Waals surface area contributed by atoms with Crippen molar-refractivity contribution < 1.29 is 13.9 Å². The first-order valence-corrected chi connectivity index (χ1v) is 11.1. The summed E-state index contributed by atoms with van der Waals surface area (Å²) in [6.07, 6.45) is 13.8. The number of fused-ring (bicyclic) bond motifs is 2. The number of nitrogens with one attached hydrogen (secondary N) is 1. The molecule has 2 aliphatic heterocycles. The standard InChI is InChI=1S/C24H32N2O3/c1-2-3-4-7-14-28-24(27)25-19-9-10-23-21(16-19)22(17-29-23)18-11-13-26-12-6-5-8-20(26)15-18/h3-4,9-10,16-18,20H,2,5-8,11-15H2,1H3,(H,25,27). The minimum absolute atomic E-state index is 0.390. The summed E-state index contributed by atoms with van der Waals surface area (Å²) in [4.78, 5) is 14.7. The van der Waals surface area contributed by atoms with Crippen LogP contribution in [0, 0.1) is 0 Å². The lowest BCUT2D eigenvalue weighted by Crippen LogP contribution is -2.44. The Bertz CT molecular complexity index is 857. The molecule has 0 saturated carbocycles. The number of piperidine rings is 2. The summed E-state index contributed by atoms with van der Waals surface area (Å²) in [6.45, 7) is 4.91. The van der Waals surface area contributed by atoms with Gasteiger partial charge in [0.25, 0.3) is 0 Å². The van der Waals surface area contributed by atoms with E-state index < -0.39 is 6.09 Å². The highest BCUT2D eigenvalue weighted by Gasteiger charge is 2.32. The van der Waals surface area contributed by atoms with Crippen LogP contribution in [0.1, 0.15) is 63.4 Å². The molecule has 29 heavy (non-hydrogen) atoms. The molecule has 1 N–H and O–H groups in total. The van der Waals surface area contributed by atoms with Crippen LogP contribution in [0.2, 0.25) is 0 Å². The first-order chi connectivity index (χ1) is 14.2. The zero-order valence-electron chi connectivity index (χ0n) is 17.4. The second-order valence-corrected chi connectivity index (χ2v) is 8.24. The van der Waals surface area contributed by atoms with E-state index in [4.69, 9.17) is 9.15 Å². The molecular formula is C24H32N2O3. The van der Waals surface area contributed by atoms with Gasteiger partial charge in [0.1, 0.15) is 5.58 Å². The van der Waals surface area contributed by atoms with Crippen molar-refractivity contribution in [1.82, 2.24) is 4.90 Å². The Kier molecular flexibility index (Phi) is 6.55. The number of anilines is 1. The average Bonchev–Trinajstić information content (AvgIpc) is 3.16. The maximum Gasteiger partial charge on any atom is 0.411 e. The molecule has 2 fully saturated rings. The summed E-state index contributed by atoms with van der Waals surface area (Å²) in [7, 11) is 0. The van der Waals surface area contributed by atoms with Gasteiger partial charge in [0.2, 0.25) is 0 Å². The second-order valence-electron chi connectivity index (χ2n) is 8.24. The minimum Gasteiger partial charge on any atom is -0.464 e. The van der Waals surface area contributed by atoms with Crippen molar-refractivity contribution in [2.24, 2.45) is 0 Å². The molecule has 0 bridgehead atoms. The third-order valence-electron chi connectivity index (χ3n) is 6.28. The van der Waals surface area contributed by atoms with Gasteiger partial charge in [0, 0.05) is 22.7 Å². The Labute approximate surface area is 173 Å². The van der Waals surface area contributed by atoms with Crippen molar-refractivity contribution in [3.63, 3.8) is 0 Å². The van der Waals surface area contributed by atoms with Gasteiger partial charge in [-0.1, -0.05) is 25.5 Å². The number of amides is 1. The molecule has 4 rings (SSSR count). The Morgan fingerprint density at radius 1 is 1.28 bits per heavy atom. The van der Waals surface area contributed by atoms with E-state index in [9.17, 15) is 4.79 Å². The third kappa shape index (κ3) is 4.84. The zero-order valence-corrected chi connectivity index (χ0v) is 17.4. The number of hydrogen-bond acceptors (Lipinski definition) is 4. The molecule has 5 nitrogen and oxygen atoms in total. The highest BCUT2D eigenvalue weighted by atomic mass is 16.5. The molecule has 1 aromatic heterocycles. The number of hydrogen-bond donors (Lipinski definition) is 1. The van der Waals surface area contributed by atoms with E-state index in [1.54, 1.807) is 0 Å². The van der Waals surface area contributed by atoms with Crippen LogP contribution in [0.3, 0.4) is 0 Å². The maximum absolute atomic E-state index is 12.1. The lowest BCUT2D eigenvalue weighted by Gasteiger charge is -2.42. The Morgan fingerprint density at radius 3 is 3.10 bits per heavy atom. The molecular weight excluding hydrogens is 364 g/mol. The van der Waals surface area contributed by atoms with Crippen molar-refractivity contribution >= 4 is 22.7 Å². The van der Waals surface area contributed by atoms with Gasteiger partial charge in [0.15, 0.2) is 0 Å². The van der Waals surface area contributed by atoms with E-state index in [0.29, 0.717) is 18.6 Å². The monoisotopic (exact) mass is 396 g/mol. The molecule has 3 heterocycles. The maximum atomic E-state index is 12.1. The second kappa shape index (κ2) is 9.49. The van der Waals surface area contributed by atoms with Gasteiger partial charge in [-0.3, -0.25) is 5.32 Å². The molecule has 0 spiro atoms. The van der Waals surface area contributed by atoms with Crippen LogP contribution in [0.5, 0.6) is 0 Å². The number of ether oxygens (including phenoxy) is 1. The van der Waals surface area contributed by atoms with E-state index in [-0.39, 0.29) is 0 Å². The number of carbonyl (C=O) groups is 1. The van der Waals surface area contributed by atoms with Crippen LogP contribution in [0.4, 0.5) is 10.5 Å². The van der Waals surface area contributed by atoms with E-state index in [1.807, 2.05) is 30.5 Å². The Hall–Kier alpha value is -2.27. The summed E-state index contributed by atoms with van der Waals surface area (Å²) in [6, 6.07) is 6.55. The van der Waals surface area contributed by atoms with Gasteiger partial charge < -0.3 is 14.1 Å². The quantitative estimate of drug-likeness (QED) is 0.476. The summed E-state index contributed by atoms with van der Waals surface area (Å²) in [5.74, 6) is 0.531. The van der Waals surface area contributed by atoms with Gasteiger partial charge in [0.05, 0.1) is 12.9 Å². The van der Waals surface area contributed by atoms with Crippen LogP contribution < -0.4 is 5.32 Å². The first kappa shape index (κ1) is 20.0. The molecule has 2 aliphatic rings. The summed E-state index contributed by atoms with van der Waals surface area (Å²) >= 11 is 0. The minimum atomic E-state index is -0.408. The highest BCUT2D eigenvalue weighted by molar-refractivity contribution is 5.91. The molecule has 2 atom stereocenters. The number of furan rings is 1. The van der Waals surface area contributed by atoms with Gasteiger partial charge in [-0.25, -0.2) is 4.79 Å². The van der Waals surface area contributed by atoms with E-state index in [2.05, 4.69) is 23.2 Å². The van der Waals surface area contributed by atoms with Crippen molar-refractivity contribution in [3.05, 3.63) is 42.2 Å². The normalized spacial score (nSPS) is 22.7. The van der Waals surface area contributed by atoms with Crippen molar-refractivity contribution in [3.8, 4) is 0 Å². The van der Waals surface area contributed by atoms with Gasteiger partial charge in [-0.15, -0.1) is 0 Å². The fourth-order valence-electron chi connectivity index (χ4n) is 4.77. The van der Waals surface area contributed by atoms with E-state index >= 15 is 0 Å². The van der Waals surface area contributed by atoms with Crippen LogP contribution in [-0.4, -0.2) is 36.7 Å². The highest BCUT2D eigenvalue weighted by Crippen LogP contribution is 2.39. The van der Waals surface area contributed by atoms with Crippen molar-refractivity contribution in [1.29, 1.82) is 0 Å². The number of allylic oxidation sites excluding steroid dienone is 1. The fraction of sp³-hybridized carbons (Fsp3) is 0.542. The molecule has 0 radical (unpaired) electrons. The topological polar surface area (TPSA) is 54.7 Å². The average molecular weight is 397 g/mol. The molecule has 2 unspecified atom stereocenters. The summed E-state index contributed by atoms with van der Waals surface area (Å²) in [5, 5.41) is 3.97. The lowest BCUT2D eigenvalue weighted by atomic mass is 9.82. The summed E-state index contributed by atoms with van der Waals surface area (Å²) < 4.78 is 11.1. The van der Waals surface area contributed by atoms with Crippen molar-refractivity contribution in [2.45, 2.75) is 63.8 Å². The zero-order chi connectivity index (χ0) is 20.1. The smallest absolute Gasteiger partial charge is 0.411 e. The SMILES string of the molecule is CCC=CCCOC(=O)Nc1ccc2occ(C3CCN4CCCCC4C3)c2c1. The molecule has 1 amide bonds. The van der Waals surface area contributed by atoms with Gasteiger partial charge in [-0.2, -0.15) is 0 Å². The van der Waals surface area contributed by atoms with Crippen LogP contribution in [0.15, 0.2) is 41.0 Å². The van der Waals surface area contributed by atoms with Gasteiger partial charge >= 0.3 is 6.09 Å². The molecule has 0 aliphatic carbocycles. The summed E-state index contributed by atoms with van der Waals surface area (Å²) in [5.41, 5.74) is 2.92. The molecule has 1 aromatic carbocycles. The van der Waals surface area contributed by atoms with Crippen LogP contribution in [0.25, 0.3) is 11.0 Å². The van der Waals surface area contributed by atoms with E-state index in [0.717, 1.165) is 29.5 Å². The lowest BCUT2D eigenvalue weighted by molar-refractivity contribution is 0.0975.